The number of anilines is 1. The Morgan fingerprint density at radius 3 is 2.95 bits per heavy atom. The van der Waals surface area contributed by atoms with Crippen molar-refractivity contribution in [2.24, 2.45) is 0 Å². The number of hydrogen-bond acceptors (Lipinski definition) is 3. The second-order valence-corrected chi connectivity index (χ2v) is 5.52. The molecule has 2 rings (SSSR count). The molecule has 0 radical (unpaired) electrons. The van der Waals surface area contributed by atoms with E-state index in [1.54, 1.807) is 6.07 Å². The Morgan fingerprint density at radius 1 is 1.47 bits per heavy atom. The van der Waals surface area contributed by atoms with Crippen molar-refractivity contribution >= 4 is 5.69 Å². The lowest BCUT2D eigenvalue weighted by atomic mass is 9.94. The predicted octanol–water partition coefficient (Wildman–Crippen LogP) is 3.59. The second-order valence-electron chi connectivity index (χ2n) is 5.52. The van der Waals surface area contributed by atoms with Gasteiger partial charge in [0.1, 0.15) is 11.6 Å². The molecule has 1 heterocycles. The highest BCUT2D eigenvalue weighted by atomic mass is 19.1. The molecule has 3 nitrogen and oxygen atoms in total. The molecule has 4 heteroatoms. The van der Waals surface area contributed by atoms with Crippen molar-refractivity contribution in [2.75, 3.05) is 18.5 Å². The molecule has 19 heavy (non-hydrogen) atoms. The second kappa shape index (κ2) is 5.78. The molecule has 1 N–H and O–H groups in total. The van der Waals surface area contributed by atoms with Crippen LogP contribution >= 0.6 is 0 Å². The highest BCUT2D eigenvalue weighted by molar-refractivity contribution is 5.57. The third-order valence-electron chi connectivity index (χ3n) is 3.30. The molecule has 1 fully saturated rings. The summed E-state index contributed by atoms with van der Waals surface area (Å²) in [5.74, 6) is 0.299. The first-order chi connectivity index (χ1) is 9.00. The maximum Gasteiger partial charge on any atom is 0.145 e. The molecular formula is C15H22FNO2. The lowest BCUT2D eigenvalue weighted by Gasteiger charge is -2.36. The van der Waals surface area contributed by atoms with Gasteiger partial charge < -0.3 is 14.8 Å². The smallest absolute Gasteiger partial charge is 0.145 e. The van der Waals surface area contributed by atoms with E-state index in [2.05, 4.69) is 19.2 Å². The summed E-state index contributed by atoms with van der Waals surface area (Å²) in [4.78, 5) is 0. The number of benzene rings is 1. The summed E-state index contributed by atoms with van der Waals surface area (Å²) in [7, 11) is 0. The molecule has 0 spiro atoms. The van der Waals surface area contributed by atoms with Crippen LogP contribution in [0.1, 0.15) is 33.6 Å². The quantitative estimate of drug-likeness (QED) is 0.904. The van der Waals surface area contributed by atoms with Crippen molar-refractivity contribution in [3.63, 3.8) is 0 Å². The zero-order chi connectivity index (χ0) is 13.9. The van der Waals surface area contributed by atoms with Crippen LogP contribution in [0.25, 0.3) is 0 Å². The molecule has 1 aliphatic heterocycles. The molecular weight excluding hydrogens is 245 g/mol. The summed E-state index contributed by atoms with van der Waals surface area (Å²) in [6, 6.07) is 4.95. The fourth-order valence-corrected chi connectivity index (χ4v) is 2.47. The molecule has 1 saturated heterocycles. The molecule has 0 aromatic heterocycles. The Kier molecular flexibility index (Phi) is 4.30. The van der Waals surface area contributed by atoms with E-state index in [9.17, 15) is 4.39 Å². The molecule has 0 amide bonds. The Hall–Kier alpha value is -1.29. The summed E-state index contributed by atoms with van der Waals surface area (Å²) in [5.41, 5.74) is 0.743. The van der Waals surface area contributed by atoms with Crippen LogP contribution in [0.3, 0.4) is 0 Å². The number of nitrogens with one attached hydrogen (secondary N) is 1. The third-order valence-corrected chi connectivity index (χ3v) is 3.30. The van der Waals surface area contributed by atoms with Gasteiger partial charge >= 0.3 is 0 Å². The van der Waals surface area contributed by atoms with E-state index >= 15 is 0 Å². The van der Waals surface area contributed by atoms with Crippen LogP contribution < -0.4 is 10.1 Å². The van der Waals surface area contributed by atoms with Crippen LogP contribution in [0.15, 0.2) is 18.2 Å². The van der Waals surface area contributed by atoms with E-state index in [4.69, 9.17) is 9.47 Å². The maximum atomic E-state index is 13.2. The van der Waals surface area contributed by atoms with Crippen molar-refractivity contribution < 1.29 is 13.9 Å². The van der Waals surface area contributed by atoms with E-state index in [1.165, 1.54) is 12.1 Å². The summed E-state index contributed by atoms with van der Waals surface area (Å²) in [5, 5.41) is 3.45. The van der Waals surface area contributed by atoms with Gasteiger partial charge in [0.2, 0.25) is 0 Å². The Bertz CT molecular complexity index is 434. The van der Waals surface area contributed by atoms with Gasteiger partial charge in [0, 0.05) is 18.7 Å². The van der Waals surface area contributed by atoms with Crippen LogP contribution in [-0.4, -0.2) is 24.9 Å². The molecule has 1 aromatic carbocycles. The fourth-order valence-electron chi connectivity index (χ4n) is 2.47. The molecule has 106 valence electrons. The van der Waals surface area contributed by atoms with E-state index in [0.717, 1.165) is 25.1 Å². The van der Waals surface area contributed by atoms with Crippen molar-refractivity contribution in [2.45, 2.75) is 45.3 Å². The van der Waals surface area contributed by atoms with Gasteiger partial charge in [-0.1, -0.05) is 0 Å². The zero-order valence-electron chi connectivity index (χ0n) is 11.8. The van der Waals surface area contributed by atoms with Gasteiger partial charge in [-0.25, -0.2) is 4.39 Å². The number of rotatable bonds is 4. The van der Waals surface area contributed by atoms with Gasteiger partial charge in [-0.2, -0.15) is 0 Å². The van der Waals surface area contributed by atoms with Gasteiger partial charge in [0.25, 0.3) is 0 Å². The van der Waals surface area contributed by atoms with Crippen molar-refractivity contribution in [3.8, 4) is 5.75 Å². The lowest BCUT2D eigenvalue weighted by Crippen LogP contribution is -2.40. The molecule has 1 aromatic rings. The zero-order valence-corrected chi connectivity index (χ0v) is 11.8. The van der Waals surface area contributed by atoms with Crippen LogP contribution in [0.4, 0.5) is 10.1 Å². The van der Waals surface area contributed by atoms with Crippen LogP contribution in [0, 0.1) is 5.82 Å². The first-order valence-electron chi connectivity index (χ1n) is 6.83. The first kappa shape index (κ1) is 14.1. The molecule has 0 aliphatic carbocycles. The average molecular weight is 267 g/mol. The maximum absolute atomic E-state index is 13.2. The van der Waals surface area contributed by atoms with Gasteiger partial charge in [0.15, 0.2) is 0 Å². The number of ether oxygens (including phenoxy) is 2. The van der Waals surface area contributed by atoms with E-state index in [0.29, 0.717) is 18.4 Å². The lowest BCUT2D eigenvalue weighted by molar-refractivity contribution is -0.0553. The summed E-state index contributed by atoms with van der Waals surface area (Å²) in [6.07, 6.45) is 1.88. The molecule has 0 bridgehead atoms. The molecule has 1 unspecified atom stereocenters. The topological polar surface area (TPSA) is 30.5 Å². The van der Waals surface area contributed by atoms with Gasteiger partial charge in [-0.15, -0.1) is 0 Å². The standard InChI is InChI=1S/C15H22FNO2/c1-4-18-14-9-11(16)5-6-13(14)17-12-7-8-19-15(2,3)10-12/h5-6,9,12,17H,4,7-8,10H2,1-3H3. The number of hydrogen-bond donors (Lipinski definition) is 1. The Balaban J connectivity index is 2.09. The van der Waals surface area contributed by atoms with Crippen molar-refractivity contribution in [1.29, 1.82) is 0 Å². The van der Waals surface area contributed by atoms with Crippen LogP contribution in [-0.2, 0) is 4.74 Å². The van der Waals surface area contributed by atoms with Crippen molar-refractivity contribution in [3.05, 3.63) is 24.0 Å². The van der Waals surface area contributed by atoms with Gasteiger partial charge in [-0.05, 0) is 45.7 Å². The highest BCUT2D eigenvalue weighted by Crippen LogP contribution is 2.31. The molecule has 1 atom stereocenters. The predicted molar refractivity (Wildman–Crippen MR) is 74.2 cm³/mol. The molecule has 1 aliphatic rings. The normalized spacial score (nSPS) is 22.0. The van der Waals surface area contributed by atoms with Gasteiger partial charge in [-0.3, -0.25) is 0 Å². The summed E-state index contributed by atoms with van der Waals surface area (Å²) >= 11 is 0. The van der Waals surface area contributed by atoms with Gasteiger partial charge in [0.05, 0.1) is 17.9 Å². The Morgan fingerprint density at radius 2 is 2.26 bits per heavy atom. The summed E-state index contributed by atoms with van der Waals surface area (Å²) in [6.45, 7) is 7.35. The molecule has 0 saturated carbocycles. The number of halogens is 1. The largest absolute Gasteiger partial charge is 0.492 e. The van der Waals surface area contributed by atoms with E-state index < -0.39 is 0 Å². The SMILES string of the molecule is CCOc1cc(F)ccc1NC1CCOC(C)(C)C1. The first-order valence-corrected chi connectivity index (χ1v) is 6.83. The average Bonchev–Trinajstić information content (AvgIpc) is 2.32. The van der Waals surface area contributed by atoms with E-state index in [1.807, 2.05) is 6.92 Å². The minimum Gasteiger partial charge on any atom is -0.492 e. The fraction of sp³-hybridized carbons (Fsp3) is 0.600. The van der Waals surface area contributed by atoms with Crippen LogP contribution in [0.5, 0.6) is 5.75 Å². The summed E-state index contributed by atoms with van der Waals surface area (Å²) < 4.78 is 24.4. The van der Waals surface area contributed by atoms with Crippen molar-refractivity contribution in [1.82, 2.24) is 0 Å². The highest BCUT2D eigenvalue weighted by Gasteiger charge is 2.29. The Labute approximate surface area is 114 Å². The monoisotopic (exact) mass is 267 g/mol. The third kappa shape index (κ3) is 3.83. The minimum absolute atomic E-state index is 0.109. The minimum atomic E-state index is -0.277. The van der Waals surface area contributed by atoms with Crippen LogP contribution in [0.2, 0.25) is 0 Å². The van der Waals surface area contributed by atoms with E-state index in [-0.39, 0.29) is 11.4 Å².